The number of aliphatic carboxylic acids is 1. The molecule has 0 saturated carbocycles. The van der Waals surface area contributed by atoms with Crippen molar-refractivity contribution in [3.8, 4) is 0 Å². The molecule has 0 aliphatic carbocycles. The van der Waals surface area contributed by atoms with Crippen LogP contribution in [0.15, 0.2) is 12.2 Å². The number of unbranched alkanes of at least 4 members (excludes halogenated alkanes) is 6. The fourth-order valence-electron chi connectivity index (χ4n) is 1.23. The molecule has 3 heteroatoms. The van der Waals surface area contributed by atoms with Crippen molar-refractivity contribution in [3.05, 3.63) is 12.2 Å². The zero-order valence-electron chi connectivity index (χ0n) is 9.46. The Hall–Kier alpha value is -0.193. The summed E-state index contributed by atoms with van der Waals surface area (Å²) in [5.74, 6) is -0.842. The van der Waals surface area contributed by atoms with Crippen molar-refractivity contribution < 1.29 is 9.90 Å². The number of hydrogen-bond acceptors (Lipinski definition) is 1. The van der Waals surface area contributed by atoms with E-state index in [0.29, 0.717) is 0 Å². The van der Waals surface area contributed by atoms with Gasteiger partial charge in [0.15, 0.2) is 0 Å². The summed E-state index contributed by atoms with van der Waals surface area (Å²) < 4.78 is 0. The normalized spacial score (nSPS) is 10.1. The Balaban J connectivity index is 0. The van der Waals surface area contributed by atoms with Crippen molar-refractivity contribution in [2.45, 2.75) is 51.9 Å². The van der Waals surface area contributed by atoms with Crippen molar-refractivity contribution in [2.24, 2.45) is 0 Å². The average molecular weight is 191 g/mol. The van der Waals surface area contributed by atoms with E-state index in [9.17, 15) is 4.79 Å². The molecule has 77 valence electrons. The van der Waals surface area contributed by atoms with E-state index in [1.165, 1.54) is 38.2 Å². The maximum absolute atomic E-state index is 10.1. The second-order valence-electron chi connectivity index (χ2n) is 3.30. The van der Waals surface area contributed by atoms with Crippen LogP contribution >= 0.6 is 0 Å². The third kappa shape index (κ3) is 14.3. The fraction of sp³-hybridized carbons (Fsp3) is 0.727. The molecule has 0 fully saturated rings. The van der Waals surface area contributed by atoms with Gasteiger partial charge in [0.1, 0.15) is 0 Å². The molecule has 0 atom stereocenters. The SMILES string of the molecule is CCCCCCCCC=CC(=O)O.[Li]. The Morgan fingerprint density at radius 2 is 1.71 bits per heavy atom. The molecule has 1 radical (unpaired) electrons. The summed E-state index contributed by atoms with van der Waals surface area (Å²) in [5.41, 5.74) is 0. The van der Waals surface area contributed by atoms with Crippen LogP contribution in [0.4, 0.5) is 0 Å². The maximum atomic E-state index is 10.1. The van der Waals surface area contributed by atoms with Gasteiger partial charge in [-0.1, -0.05) is 45.1 Å². The summed E-state index contributed by atoms with van der Waals surface area (Å²) in [6, 6.07) is 0. The zero-order chi connectivity index (χ0) is 9.94. The van der Waals surface area contributed by atoms with Crippen molar-refractivity contribution in [3.63, 3.8) is 0 Å². The van der Waals surface area contributed by atoms with Crippen molar-refractivity contribution in [1.29, 1.82) is 0 Å². The summed E-state index contributed by atoms with van der Waals surface area (Å²) in [6.07, 6.45) is 11.4. The minimum absolute atomic E-state index is 0. The Labute approximate surface area is 99.0 Å². The quantitative estimate of drug-likeness (QED) is 0.364. The Morgan fingerprint density at radius 3 is 2.29 bits per heavy atom. The molecule has 0 heterocycles. The summed E-state index contributed by atoms with van der Waals surface area (Å²) in [7, 11) is 0. The van der Waals surface area contributed by atoms with E-state index in [0.717, 1.165) is 12.8 Å². The molecule has 1 N–H and O–H groups in total. The van der Waals surface area contributed by atoms with Crippen molar-refractivity contribution in [2.75, 3.05) is 0 Å². The molecular formula is C11H20LiO2. The molecule has 0 aliphatic heterocycles. The first-order valence-electron chi connectivity index (χ1n) is 5.17. The molecule has 0 unspecified atom stereocenters. The standard InChI is InChI=1S/C11H20O2.Li/c1-2-3-4-5-6-7-8-9-10-11(12)13;/h9-10H,2-8H2,1H3,(H,12,13);. The first-order valence-corrected chi connectivity index (χ1v) is 5.17. The van der Waals surface area contributed by atoms with Crippen LogP contribution in [0.2, 0.25) is 0 Å². The van der Waals surface area contributed by atoms with Gasteiger partial charge in [0.05, 0.1) is 0 Å². The van der Waals surface area contributed by atoms with Crippen LogP contribution in [0.3, 0.4) is 0 Å². The molecule has 0 aromatic rings. The van der Waals surface area contributed by atoms with Gasteiger partial charge in [-0.25, -0.2) is 4.79 Å². The summed E-state index contributed by atoms with van der Waals surface area (Å²) >= 11 is 0. The van der Waals surface area contributed by atoms with Gasteiger partial charge in [-0.3, -0.25) is 0 Å². The molecule has 0 saturated heterocycles. The summed E-state index contributed by atoms with van der Waals surface area (Å²) in [4.78, 5) is 10.1. The van der Waals surface area contributed by atoms with Crippen LogP contribution in [0, 0.1) is 0 Å². The predicted molar refractivity (Wildman–Crippen MR) is 60.5 cm³/mol. The van der Waals surface area contributed by atoms with Gasteiger partial charge >= 0.3 is 5.97 Å². The Bertz CT molecular complexity index is 155. The van der Waals surface area contributed by atoms with Gasteiger partial charge in [-0.15, -0.1) is 0 Å². The van der Waals surface area contributed by atoms with Gasteiger partial charge < -0.3 is 5.11 Å². The Kier molecular flexibility index (Phi) is 14.9. The van der Waals surface area contributed by atoms with E-state index in [-0.39, 0.29) is 18.9 Å². The van der Waals surface area contributed by atoms with Crippen LogP contribution < -0.4 is 0 Å². The van der Waals surface area contributed by atoms with Crippen LogP contribution in [0.1, 0.15) is 51.9 Å². The summed E-state index contributed by atoms with van der Waals surface area (Å²) in [6.45, 7) is 2.20. The molecule has 0 amide bonds. The molecular weight excluding hydrogens is 171 g/mol. The summed E-state index contributed by atoms with van der Waals surface area (Å²) in [5, 5.41) is 8.30. The molecule has 14 heavy (non-hydrogen) atoms. The van der Waals surface area contributed by atoms with Gasteiger partial charge in [0.25, 0.3) is 0 Å². The number of rotatable bonds is 8. The van der Waals surface area contributed by atoms with Gasteiger partial charge in [-0.2, -0.15) is 0 Å². The topological polar surface area (TPSA) is 37.3 Å². The smallest absolute Gasteiger partial charge is 0.327 e. The van der Waals surface area contributed by atoms with E-state index in [1.54, 1.807) is 6.08 Å². The number of carboxylic acids is 1. The monoisotopic (exact) mass is 191 g/mol. The van der Waals surface area contributed by atoms with E-state index >= 15 is 0 Å². The fourth-order valence-corrected chi connectivity index (χ4v) is 1.23. The van der Waals surface area contributed by atoms with Crippen molar-refractivity contribution in [1.82, 2.24) is 0 Å². The minimum atomic E-state index is -0.842. The Morgan fingerprint density at radius 1 is 1.14 bits per heavy atom. The molecule has 0 bridgehead atoms. The van der Waals surface area contributed by atoms with E-state index in [4.69, 9.17) is 5.11 Å². The zero-order valence-corrected chi connectivity index (χ0v) is 9.46. The van der Waals surface area contributed by atoms with Crippen LogP contribution in [-0.4, -0.2) is 29.9 Å². The van der Waals surface area contributed by atoms with E-state index in [1.807, 2.05) is 0 Å². The first-order chi connectivity index (χ1) is 6.27. The second-order valence-corrected chi connectivity index (χ2v) is 3.30. The molecule has 0 aromatic carbocycles. The van der Waals surface area contributed by atoms with E-state index < -0.39 is 5.97 Å². The predicted octanol–water partition coefficient (Wildman–Crippen LogP) is 3.00. The van der Waals surface area contributed by atoms with E-state index in [2.05, 4.69) is 6.92 Å². The number of carbonyl (C=O) groups is 1. The number of hydrogen-bond donors (Lipinski definition) is 1. The first kappa shape index (κ1) is 16.2. The average Bonchev–Trinajstić information content (AvgIpc) is 2.09. The number of carboxylic acid groups (broad SMARTS) is 1. The van der Waals surface area contributed by atoms with Crippen LogP contribution in [0.25, 0.3) is 0 Å². The van der Waals surface area contributed by atoms with Gasteiger partial charge in [-0.05, 0) is 12.8 Å². The third-order valence-corrected chi connectivity index (χ3v) is 1.98. The molecule has 0 rings (SSSR count). The van der Waals surface area contributed by atoms with Crippen LogP contribution in [-0.2, 0) is 4.79 Å². The van der Waals surface area contributed by atoms with Crippen molar-refractivity contribution >= 4 is 24.8 Å². The minimum Gasteiger partial charge on any atom is -0.478 e. The number of allylic oxidation sites excluding steroid dienone is 1. The molecule has 0 aliphatic rings. The molecule has 2 nitrogen and oxygen atoms in total. The second kappa shape index (κ2) is 12.8. The van der Waals surface area contributed by atoms with Crippen LogP contribution in [0.5, 0.6) is 0 Å². The molecule has 0 spiro atoms. The van der Waals surface area contributed by atoms with Gasteiger partial charge in [0.2, 0.25) is 0 Å². The van der Waals surface area contributed by atoms with Gasteiger partial charge in [0, 0.05) is 24.9 Å². The third-order valence-electron chi connectivity index (χ3n) is 1.98. The largest absolute Gasteiger partial charge is 0.478 e. The molecule has 0 aromatic heterocycles. The maximum Gasteiger partial charge on any atom is 0.327 e.